The summed E-state index contributed by atoms with van der Waals surface area (Å²) in [5, 5.41) is 5.70. The Morgan fingerprint density at radius 3 is 2.37 bits per heavy atom. The van der Waals surface area contributed by atoms with Crippen LogP contribution in [0, 0.1) is 13.0 Å². The Morgan fingerprint density at radius 1 is 0.889 bits per heavy atom. The Labute approximate surface area is 159 Å². The van der Waals surface area contributed by atoms with E-state index in [4.69, 9.17) is 0 Å². The van der Waals surface area contributed by atoms with Crippen LogP contribution in [0.25, 0.3) is 0 Å². The third-order valence-corrected chi connectivity index (χ3v) is 4.16. The molecule has 0 aliphatic carbocycles. The van der Waals surface area contributed by atoms with E-state index >= 15 is 0 Å². The normalized spacial score (nSPS) is 10.3. The summed E-state index contributed by atoms with van der Waals surface area (Å²) in [5.41, 5.74) is 3.83. The lowest BCUT2D eigenvalue weighted by molar-refractivity contribution is 0.0952. The number of carbonyl (C=O) groups is 2. The molecule has 0 aliphatic heterocycles. The van der Waals surface area contributed by atoms with Gasteiger partial charge in [-0.3, -0.25) is 9.59 Å². The highest BCUT2D eigenvalue weighted by Crippen LogP contribution is 2.13. The lowest BCUT2D eigenvalue weighted by Crippen LogP contribution is -2.25. The molecule has 27 heavy (non-hydrogen) atoms. The number of amides is 2. The lowest BCUT2D eigenvalue weighted by atomic mass is 10.1. The fourth-order valence-corrected chi connectivity index (χ4v) is 2.65. The molecule has 0 bridgehead atoms. The molecular formula is C23H21N2O2. The maximum absolute atomic E-state index is 12.3. The minimum Gasteiger partial charge on any atom is -0.352 e. The van der Waals surface area contributed by atoms with Crippen molar-refractivity contribution in [3.63, 3.8) is 0 Å². The fraction of sp³-hybridized carbons (Fsp3) is 0.130. The largest absolute Gasteiger partial charge is 0.352 e. The van der Waals surface area contributed by atoms with Crippen molar-refractivity contribution in [1.29, 1.82) is 0 Å². The van der Waals surface area contributed by atoms with E-state index in [1.54, 1.807) is 30.3 Å². The van der Waals surface area contributed by atoms with Crippen molar-refractivity contribution in [2.45, 2.75) is 13.3 Å². The zero-order valence-electron chi connectivity index (χ0n) is 15.2. The van der Waals surface area contributed by atoms with Crippen molar-refractivity contribution in [2.24, 2.45) is 0 Å². The molecule has 2 amide bonds. The van der Waals surface area contributed by atoms with Crippen molar-refractivity contribution in [1.82, 2.24) is 5.32 Å². The molecule has 4 nitrogen and oxygen atoms in total. The van der Waals surface area contributed by atoms with Crippen LogP contribution < -0.4 is 10.6 Å². The molecule has 0 saturated carbocycles. The molecule has 0 atom stereocenters. The second kappa shape index (κ2) is 8.81. The van der Waals surface area contributed by atoms with Gasteiger partial charge in [-0.15, -0.1) is 0 Å². The zero-order chi connectivity index (χ0) is 19.1. The summed E-state index contributed by atoms with van der Waals surface area (Å²) in [6.45, 7) is 2.51. The second-order valence-electron chi connectivity index (χ2n) is 6.32. The summed E-state index contributed by atoms with van der Waals surface area (Å²) >= 11 is 0. The van der Waals surface area contributed by atoms with Crippen LogP contribution >= 0.6 is 0 Å². The summed E-state index contributed by atoms with van der Waals surface area (Å²) in [7, 11) is 0. The van der Waals surface area contributed by atoms with Crippen molar-refractivity contribution in [3.8, 4) is 0 Å². The number of carbonyl (C=O) groups excluding carboxylic acids is 2. The van der Waals surface area contributed by atoms with Gasteiger partial charge in [0.25, 0.3) is 11.8 Å². The van der Waals surface area contributed by atoms with Crippen molar-refractivity contribution >= 4 is 17.5 Å². The molecule has 1 radical (unpaired) electrons. The Balaban J connectivity index is 1.58. The Bertz CT molecular complexity index is 919. The van der Waals surface area contributed by atoms with Crippen LogP contribution in [-0.2, 0) is 6.42 Å². The number of rotatable bonds is 6. The molecule has 3 aromatic carbocycles. The van der Waals surface area contributed by atoms with Gasteiger partial charge in [0.1, 0.15) is 0 Å². The van der Waals surface area contributed by atoms with Crippen molar-refractivity contribution in [3.05, 3.63) is 101 Å². The molecule has 0 aromatic heterocycles. The van der Waals surface area contributed by atoms with Gasteiger partial charge in [0.2, 0.25) is 0 Å². The number of anilines is 1. The fourth-order valence-electron chi connectivity index (χ4n) is 2.65. The van der Waals surface area contributed by atoms with Gasteiger partial charge in [0.15, 0.2) is 0 Å². The SMILES string of the molecule is Cc1ccc(C(=O)Nc2c[c]cc(C(=O)NCCc3ccccc3)c2)cc1. The minimum atomic E-state index is -0.218. The first kappa shape index (κ1) is 18.4. The van der Waals surface area contributed by atoms with Gasteiger partial charge in [-0.25, -0.2) is 0 Å². The molecule has 0 aliphatic rings. The van der Waals surface area contributed by atoms with Crippen LogP contribution in [-0.4, -0.2) is 18.4 Å². The highest BCUT2D eigenvalue weighted by molar-refractivity contribution is 6.05. The van der Waals surface area contributed by atoms with Crippen LogP contribution in [0.3, 0.4) is 0 Å². The van der Waals surface area contributed by atoms with E-state index < -0.39 is 0 Å². The van der Waals surface area contributed by atoms with E-state index in [0.29, 0.717) is 23.4 Å². The molecule has 135 valence electrons. The highest BCUT2D eigenvalue weighted by Gasteiger charge is 2.09. The van der Waals surface area contributed by atoms with Gasteiger partial charge in [0.05, 0.1) is 0 Å². The topological polar surface area (TPSA) is 58.2 Å². The maximum Gasteiger partial charge on any atom is 0.255 e. The van der Waals surface area contributed by atoms with Crippen molar-refractivity contribution < 1.29 is 9.59 Å². The summed E-state index contributed by atoms with van der Waals surface area (Å²) in [6.07, 6.45) is 0.764. The number of benzene rings is 3. The van der Waals surface area contributed by atoms with E-state index in [2.05, 4.69) is 16.7 Å². The molecule has 0 spiro atoms. The zero-order valence-corrected chi connectivity index (χ0v) is 15.2. The van der Waals surface area contributed by atoms with Gasteiger partial charge in [-0.2, -0.15) is 0 Å². The molecule has 3 aromatic rings. The molecule has 0 fully saturated rings. The van der Waals surface area contributed by atoms with E-state index in [1.807, 2.05) is 49.4 Å². The first-order chi connectivity index (χ1) is 13.1. The predicted octanol–water partition coefficient (Wildman–Crippen LogP) is 4.02. The summed E-state index contributed by atoms with van der Waals surface area (Å²) in [5.74, 6) is -0.404. The van der Waals surface area contributed by atoms with Gasteiger partial charge >= 0.3 is 0 Å². The van der Waals surface area contributed by atoms with Gasteiger partial charge < -0.3 is 10.6 Å². The Kier molecular flexibility index (Phi) is 6.00. The third kappa shape index (κ3) is 5.28. The monoisotopic (exact) mass is 357 g/mol. The lowest BCUT2D eigenvalue weighted by Gasteiger charge is -2.09. The Morgan fingerprint density at radius 2 is 1.63 bits per heavy atom. The average Bonchev–Trinajstić information content (AvgIpc) is 2.69. The van der Waals surface area contributed by atoms with Gasteiger partial charge in [0, 0.05) is 23.4 Å². The standard InChI is InChI=1S/C23H21N2O2/c1-17-10-12-19(13-11-17)23(27)25-21-9-5-8-20(16-21)22(26)24-15-14-18-6-3-2-4-7-18/h2-4,6-13,16H,14-15H2,1H3,(H,24,26)(H,25,27). The van der Waals surface area contributed by atoms with Crippen LogP contribution in [0.1, 0.15) is 31.8 Å². The molecule has 0 saturated heterocycles. The van der Waals surface area contributed by atoms with Crippen LogP contribution in [0.5, 0.6) is 0 Å². The summed E-state index contributed by atoms with van der Waals surface area (Å²) in [6, 6.07) is 25.1. The number of hydrogen-bond acceptors (Lipinski definition) is 2. The molecular weight excluding hydrogens is 336 g/mol. The molecule has 0 unspecified atom stereocenters. The number of nitrogens with one attached hydrogen (secondary N) is 2. The van der Waals surface area contributed by atoms with Crippen LogP contribution in [0.15, 0.2) is 72.8 Å². The van der Waals surface area contributed by atoms with Gasteiger partial charge in [-0.05, 0) is 55.3 Å². The second-order valence-corrected chi connectivity index (χ2v) is 6.32. The molecule has 2 N–H and O–H groups in total. The average molecular weight is 357 g/mol. The smallest absolute Gasteiger partial charge is 0.255 e. The summed E-state index contributed by atoms with van der Waals surface area (Å²) in [4.78, 5) is 24.6. The minimum absolute atomic E-state index is 0.186. The first-order valence-corrected chi connectivity index (χ1v) is 8.83. The van der Waals surface area contributed by atoms with E-state index in [-0.39, 0.29) is 11.8 Å². The summed E-state index contributed by atoms with van der Waals surface area (Å²) < 4.78 is 0. The Hall–Kier alpha value is -3.40. The maximum atomic E-state index is 12.3. The number of hydrogen-bond donors (Lipinski definition) is 2. The van der Waals surface area contributed by atoms with Crippen LogP contribution in [0.2, 0.25) is 0 Å². The molecule has 4 heteroatoms. The van der Waals surface area contributed by atoms with E-state index in [9.17, 15) is 9.59 Å². The first-order valence-electron chi connectivity index (χ1n) is 8.83. The predicted molar refractivity (Wildman–Crippen MR) is 107 cm³/mol. The highest BCUT2D eigenvalue weighted by atomic mass is 16.2. The molecule has 3 rings (SSSR count). The quantitative estimate of drug-likeness (QED) is 0.700. The third-order valence-electron chi connectivity index (χ3n) is 4.16. The number of aryl methyl sites for hydroxylation is 1. The van der Waals surface area contributed by atoms with Crippen LogP contribution in [0.4, 0.5) is 5.69 Å². The van der Waals surface area contributed by atoms with E-state index in [1.165, 1.54) is 5.56 Å². The molecule has 0 heterocycles. The van der Waals surface area contributed by atoms with Gasteiger partial charge in [-0.1, -0.05) is 48.0 Å². The van der Waals surface area contributed by atoms with E-state index in [0.717, 1.165) is 12.0 Å². The van der Waals surface area contributed by atoms with Crippen molar-refractivity contribution in [2.75, 3.05) is 11.9 Å².